The lowest BCUT2D eigenvalue weighted by Crippen LogP contribution is -1.97. The summed E-state index contributed by atoms with van der Waals surface area (Å²) in [4.78, 5) is 38.2. The Morgan fingerprint density at radius 3 is 1.00 bits per heavy atom. The minimum absolute atomic E-state index is 0.454. The number of terminal acetylenes is 4. The number of rotatable bonds is 20. The summed E-state index contributed by atoms with van der Waals surface area (Å²) in [5, 5.41) is 3.22. The fraction of sp³-hybridized carbons (Fsp3) is 0.286. The highest BCUT2D eigenvalue weighted by Crippen LogP contribution is 2.40. The lowest BCUT2D eigenvalue weighted by Gasteiger charge is -2.07. The predicted molar refractivity (Wildman–Crippen MR) is 269 cm³/mol. The molecule has 5 heterocycles. The Kier molecular flexibility index (Phi) is 14.1. The first-order valence-electron chi connectivity index (χ1n) is 23.2. The van der Waals surface area contributed by atoms with Crippen LogP contribution in [0.25, 0.3) is 89.7 Å². The number of aromatic amines is 2. The van der Waals surface area contributed by atoms with Crippen molar-refractivity contribution in [1.82, 2.24) is 39.9 Å². The number of H-pyrrole nitrogens is 2. The molecule has 68 heavy (non-hydrogen) atoms. The average Bonchev–Trinajstić information content (AvgIpc) is 4.08. The zero-order valence-electron chi connectivity index (χ0n) is 37.9. The second kappa shape index (κ2) is 21.3. The number of benzene rings is 4. The summed E-state index contributed by atoms with van der Waals surface area (Å²) in [6.45, 7) is 2.09. The topological polar surface area (TPSA) is 146 Å². The van der Waals surface area contributed by atoms with Crippen LogP contribution in [0.5, 0.6) is 23.0 Å². The summed E-state index contributed by atoms with van der Waals surface area (Å²) in [6, 6.07) is 23.6. The van der Waals surface area contributed by atoms with Gasteiger partial charge in [0.25, 0.3) is 0 Å². The number of aromatic nitrogens is 8. The number of hydrogen-bond donors (Lipinski definition) is 2. The first kappa shape index (κ1) is 44.9. The van der Waals surface area contributed by atoms with Crippen molar-refractivity contribution < 1.29 is 18.9 Å². The molecule has 9 rings (SSSR count). The molecular formula is C56H50N8O4. The van der Waals surface area contributed by atoms with E-state index in [-0.39, 0.29) is 0 Å². The van der Waals surface area contributed by atoms with E-state index in [4.69, 9.17) is 74.5 Å². The van der Waals surface area contributed by atoms with Crippen molar-refractivity contribution in [2.24, 2.45) is 0 Å². The summed E-state index contributed by atoms with van der Waals surface area (Å²) < 4.78 is 24.9. The van der Waals surface area contributed by atoms with Gasteiger partial charge in [-0.3, -0.25) is 0 Å². The second-order valence-electron chi connectivity index (χ2n) is 16.5. The third-order valence-electron chi connectivity index (χ3n) is 11.7. The molecule has 12 heteroatoms. The molecular weight excluding hydrogens is 849 g/mol. The van der Waals surface area contributed by atoms with Crippen LogP contribution < -0.4 is 18.9 Å². The van der Waals surface area contributed by atoms with E-state index in [1.165, 1.54) is 0 Å². The van der Waals surface area contributed by atoms with Gasteiger partial charge in [-0.25, -0.2) is 29.9 Å². The van der Waals surface area contributed by atoms with E-state index in [2.05, 4.69) is 33.6 Å². The van der Waals surface area contributed by atoms with Crippen molar-refractivity contribution in [1.29, 1.82) is 0 Å². The van der Waals surface area contributed by atoms with Gasteiger partial charge in [0.1, 0.15) is 45.6 Å². The molecule has 0 saturated carbocycles. The van der Waals surface area contributed by atoms with Gasteiger partial charge in [0.2, 0.25) is 0 Å². The Balaban J connectivity index is 1.25. The second-order valence-corrected chi connectivity index (χ2v) is 16.5. The van der Waals surface area contributed by atoms with Crippen molar-refractivity contribution in [3.63, 3.8) is 0 Å². The van der Waals surface area contributed by atoms with E-state index in [0.717, 1.165) is 95.2 Å². The smallest absolute Gasteiger partial charge is 0.164 e. The predicted octanol–water partition coefficient (Wildman–Crippen LogP) is 11.6. The molecule has 0 aliphatic carbocycles. The Morgan fingerprint density at radius 1 is 0.338 bits per heavy atom. The first-order chi connectivity index (χ1) is 33.5. The molecule has 0 amide bonds. The molecule has 0 unspecified atom stereocenters. The minimum Gasteiger partial charge on any atom is -0.494 e. The number of fused-ring (bicyclic) bond motifs is 20. The van der Waals surface area contributed by atoms with E-state index in [0.29, 0.717) is 121 Å². The van der Waals surface area contributed by atoms with Gasteiger partial charge >= 0.3 is 0 Å². The van der Waals surface area contributed by atoms with Crippen LogP contribution in [0.4, 0.5) is 0 Å². The highest BCUT2D eigenvalue weighted by molar-refractivity contribution is 6.07. The highest BCUT2D eigenvalue weighted by Gasteiger charge is 2.24. The Labute approximate surface area is 395 Å². The van der Waals surface area contributed by atoms with Gasteiger partial charge < -0.3 is 28.9 Å². The number of nitrogens with one attached hydrogen (secondary N) is 2. The van der Waals surface area contributed by atoms with E-state index in [1.54, 1.807) is 0 Å². The lowest BCUT2D eigenvalue weighted by atomic mass is 10.1. The molecule has 8 bridgehead atoms. The normalized spacial score (nSPS) is 11.2. The average molecular weight is 899 g/mol. The third kappa shape index (κ3) is 10.1. The number of hydrogen-bond acceptors (Lipinski definition) is 10. The van der Waals surface area contributed by atoms with Crippen LogP contribution in [0.1, 0.15) is 77.0 Å². The summed E-state index contributed by atoms with van der Waals surface area (Å²) in [7, 11) is 0. The van der Waals surface area contributed by atoms with Gasteiger partial charge in [-0.2, -0.15) is 0 Å². The molecule has 4 aromatic carbocycles. The highest BCUT2D eigenvalue weighted by atomic mass is 16.5. The zero-order valence-corrected chi connectivity index (χ0v) is 37.9. The maximum Gasteiger partial charge on any atom is 0.164 e. The third-order valence-corrected chi connectivity index (χ3v) is 11.7. The van der Waals surface area contributed by atoms with Crippen molar-refractivity contribution in [3.05, 3.63) is 72.8 Å². The summed E-state index contributed by atoms with van der Waals surface area (Å²) in [5.41, 5.74) is 5.29. The monoisotopic (exact) mass is 898 g/mol. The molecule has 2 aliphatic rings. The molecule has 2 aliphatic heterocycles. The Bertz CT molecular complexity index is 3120. The van der Waals surface area contributed by atoms with Crippen LogP contribution in [0, 0.1) is 49.4 Å². The van der Waals surface area contributed by atoms with Crippen molar-refractivity contribution in [2.45, 2.75) is 77.0 Å². The van der Waals surface area contributed by atoms with Crippen LogP contribution in [0.3, 0.4) is 0 Å². The fourth-order valence-corrected chi connectivity index (χ4v) is 8.15. The van der Waals surface area contributed by atoms with Crippen LogP contribution in [0.15, 0.2) is 72.8 Å². The maximum atomic E-state index is 6.23. The largest absolute Gasteiger partial charge is 0.494 e. The molecule has 2 N–H and O–H groups in total. The minimum atomic E-state index is 0.454. The summed E-state index contributed by atoms with van der Waals surface area (Å²) in [6.07, 6.45) is 31.6. The van der Waals surface area contributed by atoms with Gasteiger partial charge in [0, 0.05) is 69.5 Å². The molecule has 338 valence electrons. The van der Waals surface area contributed by atoms with Crippen LogP contribution in [-0.4, -0.2) is 66.3 Å². The molecule has 7 aromatic rings. The number of unbranched alkanes of at least 4 members (excludes halogenated alkanes) is 8. The summed E-state index contributed by atoms with van der Waals surface area (Å²) >= 11 is 0. The SMILES string of the molecule is C#CCCCCOc1ccc2c(c1)-c1nc-2nc2[nH]c(nc3nc(nc4[nH]c(n1)c1ccc(OCCCCC#C)cc41)-c1ccc(OCCCCC#C)cc1-3)c1ccc(OCCCCC#C)cc21. The van der Waals surface area contributed by atoms with Crippen molar-refractivity contribution in [2.75, 3.05) is 26.4 Å². The molecule has 0 fully saturated rings. The molecule has 0 atom stereocenters. The molecule has 0 saturated heterocycles. The van der Waals surface area contributed by atoms with E-state index in [1.807, 2.05) is 72.8 Å². The first-order valence-corrected chi connectivity index (χ1v) is 23.2. The molecule has 12 nitrogen and oxygen atoms in total. The molecule has 0 spiro atoms. The fourth-order valence-electron chi connectivity index (χ4n) is 8.15. The van der Waals surface area contributed by atoms with Crippen molar-refractivity contribution in [3.8, 4) is 118 Å². The van der Waals surface area contributed by atoms with E-state index >= 15 is 0 Å². The van der Waals surface area contributed by atoms with Gasteiger partial charge in [-0.05, 0) is 124 Å². The van der Waals surface area contributed by atoms with E-state index < -0.39 is 0 Å². The van der Waals surface area contributed by atoms with Crippen LogP contribution >= 0.6 is 0 Å². The lowest BCUT2D eigenvalue weighted by molar-refractivity contribution is 0.307. The van der Waals surface area contributed by atoms with E-state index in [9.17, 15) is 0 Å². The van der Waals surface area contributed by atoms with Gasteiger partial charge in [0.15, 0.2) is 23.3 Å². The van der Waals surface area contributed by atoms with Crippen LogP contribution in [0.2, 0.25) is 0 Å². The zero-order chi connectivity index (χ0) is 46.7. The van der Waals surface area contributed by atoms with Gasteiger partial charge in [0.05, 0.1) is 26.4 Å². The van der Waals surface area contributed by atoms with Gasteiger partial charge in [-0.1, -0.05) is 0 Å². The molecule has 0 radical (unpaired) electrons. The summed E-state index contributed by atoms with van der Waals surface area (Å²) in [5.74, 6) is 15.4. The Hall–Kier alpha value is -8.32. The number of nitrogens with zero attached hydrogens (tertiary/aromatic N) is 6. The maximum absolute atomic E-state index is 6.23. The number of ether oxygens (including phenoxy) is 4. The van der Waals surface area contributed by atoms with Crippen LogP contribution in [-0.2, 0) is 0 Å². The van der Waals surface area contributed by atoms with Crippen molar-refractivity contribution >= 4 is 44.1 Å². The van der Waals surface area contributed by atoms with Gasteiger partial charge in [-0.15, -0.1) is 49.4 Å². The molecule has 3 aromatic heterocycles. The Morgan fingerprint density at radius 2 is 0.647 bits per heavy atom. The standard InChI is InChI=1S/C56H50N8O4/c1-5-9-13-17-29-65-37-21-25-41-45(33-37)53-57-49(41)62-54-47-35-39(67-31-19-15-11-7-3)23-27-43(47)51(59-54)64-56-48-36-40(68-32-20-16-12-8-4)24-28-44(48)52(60-56)63-55-46-34-38(66-30-18-14-10-6-2)22-26-42(46)50(58-55)61-53/h1-4,21-28,33-36H,9-20,29-32H2,(H2,57,58,59,60,61,62,63,64). The quantitative estimate of drug-likeness (QED) is 0.0560.